The molecule has 7 atom stereocenters. The van der Waals surface area contributed by atoms with E-state index < -0.39 is 48.6 Å². The Morgan fingerprint density at radius 3 is 2.17 bits per heavy atom. The molecule has 0 saturated heterocycles. The number of ether oxygens (including phenoxy) is 1. The highest BCUT2D eigenvalue weighted by Gasteiger charge is 2.36. The topological polar surface area (TPSA) is 170 Å². The summed E-state index contributed by atoms with van der Waals surface area (Å²) in [5.41, 5.74) is 0.952. The average molecular weight is 690 g/mol. The van der Waals surface area contributed by atoms with Crippen molar-refractivity contribution in [1.29, 1.82) is 0 Å². The lowest BCUT2D eigenvalue weighted by molar-refractivity contribution is -0.140. The number of amides is 3. The number of nitrogens with one attached hydrogen (secondary N) is 3. The van der Waals surface area contributed by atoms with E-state index in [0.717, 1.165) is 5.56 Å². The molecule has 0 aliphatic rings. The van der Waals surface area contributed by atoms with E-state index in [1.165, 1.54) is 11.3 Å². The van der Waals surface area contributed by atoms with Gasteiger partial charge in [0.05, 0.1) is 24.6 Å². The summed E-state index contributed by atoms with van der Waals surface area (Å²) < 4.78 is 5.84. The number of carbonyl (C=O) groups is 4. The second-order valence-corrected chi connectivity index (χ2v) is 14.0. The van der Waals surface area contributed by atoms with Crippen LogP contribution in [-0.4, -0.2) is 95.3 Å². The molecule has 3 unspecified atom stereocenters. The van der Waals surface area contributed by atoms with E-state index in [4.69, 9.17) is 4.74 Å². The van der Waals surface area contributed by atoms with Gasteiger partial charge in [0.15, 0.2) is 0 Å². The van der Waals surface area contributed by atoms with Crippen LogP contribution in [0.1, 0.15) is 88.0 Å². The van der Waals surface area contributed by atoms with Gasteiger partial charge in [0, 0.05) is 32.0 Å². The number of likely N-dealkylation sites (N-methyl/N-ethyl adjacent to an activating group) is 2. The molecule has 2 rings (SSSR count). The van der Waals surface area contributed by atoms with Gasteiger partial charge in [-0.3, -0.25) is 19.2 Å². The second-order valence-electron chi connectivity index (χ2n) is 13.1. The molecule has 1 heterocycles. The number of carbonyl (C=O) groups excluding carboxylic acids is 3. The van der Waals surface area contributed by atoms with Crippen molar-refractivity contribution in [2.24, 2.45) is 17.8 Å². The molecule has 13 heteroatoms. The maximum absolute atomic E-state index is 14.0. The number of carboxylic acid groups (broad SMARTS) is 1. The quantitative estimate of drug-likeness (QED) is 0.139. The lowest BCUT2D eigenvalue weighted by Crippen LogP contribution is -2.57. The number of nitrogens with zero attached hydrogens (tertiary/aromatic N) is 2. The lowest BCUT2D eigenvalue weighted by Gasteiger charge is -2.37. The van der Waals surface area contributed by atoms with Crippen molar-refractivity contribution in [3.8, 4) is 0 Å². The zero-order chi connectivity index (χ0) is 36.1. The fourth-order valence-corrected chi connectivity index (χ4v) is 6.61. The van der Waals surface area contributed by atoms with E-state index in [1.54, 1.807) is 31.5 Å². The first-order chi connectivity index (χ1) is 22.6. The molecule has 0 aliphatic carbocycles. The highest BCUT2D eigenvalue weighted by Crippen LogP contribution is 2.30. The van der Waals surface area contributed by atoms with Crippen molar-refractivity contribution in [3.63, 3.8) is 0 Å². The van der Waals surface area contributed by atoms with Crippen LogP contribution in [0.4, 0.5) is 0 Å². The number of methoxy groups -OCH3 is 1. The maximum Gasteiger partial charge on any atom is 0.306 e. The van der Waals surface area contributed by atoms with Crippen LogP contribution in [-0.2, 0) is 25.5 Å². The first-order valence-electron chi connectivity index (χ1n) is 16.6. The fourth-order valence-electron chi connectivity index (χ4n) is 5.73. The van der Waals surface area contributed by atoms with Crippen LogP contribution in [0.2, 0.25) is 0 Å². The fraction of sp³-hybridized carbons (Fsp3) is 0.629. The van der Waals surface area contributed by atoms with Gasteiger partial charge in [0.1, 0.15) is 22.8 Å². The normalized spacial score (nSPS) is 16.0. The number of rotatable bonds is 20. The molecular formula is C35H55N5O7S. The molecule has 12 nitrogen and oxygen atoms in total. The number of carboxylic acids is 1. The Kier molecular flexibility index (Phi) is 16.6. The van der Waals surface area contributed by atoms with E-state index in [2.05, 4.69) is 20.9 Å². The van der Waals surface area contributed by atoms with Crippen LogP contribution in [0, 0.1) is 17.8 Å². The van der Waals surface area contributed by atoms with Crippen LogP contribution >= 0.6 is 11.3 Å². The van der Waals surface area contributed by atoms with Gasteiger partial charge in [-0.1, -0.05) is 78.3 Å². The summed E-state index contributed by atoms with van der Waals surface area (Å²) in [6.45, 7) is 11.9. The standard InChI is InChI=1S/C35H55N5O7S/c1-10-22(6)31(39-33(45)30(36-7)21(4)5)35(46)40(8)26(20(2)3)17-28(47-9)34-38-25(19-48-34)32(44)37-24(27(41)18-29(42)43)16-23-14-12-11-13-15-23/h11-15,19-22,24,26-28,30-31,36,41H,10,16-18H2,1-9H3,(H,37,44)(H,39,45)(H,42,43)/t22?,24-,26+,27?,28?,30-,31-/m0/s1. The molecule has 0 spiro atoms. The monoisotopic (exact) mass is 689 g/mol. The van der Waals surface area contributed by atoms with Gasteiger partial charge >= 0.3 is 5.97 Å². The summed E-state index contributed by atoms with van der Waals surface area (Å²) in [5.74, 6) is -2.14. The summed E-state index contributed by atoms with van der Waals surface area (Å²) >= 11 is 1.25. The van der Waals surface area contributed by atoms with Crippen molar-refractivity contribution < 1.29 is 34.1 Å². The minimum atomic E-state index is -1.31. The Balaban J connectivity index is 2.25. The molecule has 1 aromatic carbocycles. The van der Waals surface area contributed by atoms with Gasteiger partial charge in [-0.05, 0) is 36.8 Å². The van der Waals surface area contributed by atoms with E-state index in [0.29, 0.717) is 17.8 Å². The predicted molar refractivity (Wildman–Crippen MR) is 187 cm³/mol. The minimum absolute atomic E-state index is 0.0304. The molecule has 3 amide bonds. The first kappa shape index (κ1) is 40.8. The van der Waals surface area contributed by atoms with Gasteiger partial charge in [0.25, 0.3) is 5.91 Å². The number of hydrogen-bond donors (Lipinski definition) is 5. The molecule has 5 N–H and O–H groups in total. The van der Waals surface area contributed by atoms with E-state index >= 15 is 0 Å². The molecule has 2 aromatic rings. The van der Waals surface area contributed by atoms with E-state index in [1.807, 2.05) is 71.9 Å². The smallest absolute Gasteiger partial charge is 0.306 e. The van der Waals surface area contributed by atoms with Gasteiger partial charge < -0.3 is 35.8 Å². The Hall–Kier alpha value is -3.39. The largest absolute Gasteiger partial charge is 0.481 e. The summed E-state index contributed by atoms with van der Waals surface area (Å²) in [7, 11) is 5.03. The molecule has 0 aliphatic heterocycles. The molecule has 48 heavy (non-hydrogen) atoms. The molecule has 0 bridgehead atoms. The highest BCUT2D eigenvalue weighted by molar-refractivity contribution is 7.09. The van der Waals surface area contributed by atoms with Crippen molar-refractivity contribution in [2.45, 2.75) is 104 Å². The molecular weight excluding hydrogens is 634 g/mol. The Morgan fingerprint density at radius 2 is 1.65 bits per heavy atom. The highest BCUT2D eigenvalue weighted by atomic mass is 32.1. The molecule has 0 radical (unpaired) electrons. The number of aliphatic hydroxyl groups excluding tert-OH is 1. The Bertz CT molecular complexity index is 1320. The van der Waals surface area contributed by atoms with Gasteiger partial charge in [-0.2, -0.15) is 0 Å². The maximum atomic E-state index is 14.0. The Morgan fingerprint density at radius 1 is 1.00 bits per heavy atom. The molecule has 1 aromatic heterocycles. The third-order valence-corrected chi connectivity index (χ3v) is 9.82. The van der Waals surface area contributed by atoms with Gasteiger partial charge in [0.2, 0.25) is 11.8 Å². The van der Waals surface area contributed by atoms with Crippen molar-refractivity contribution in [1.82, 2.24) is 25.8 Å². The zero-order valence-corrected chi connectivity index (χ0v) is 30.5. The number of thiazole rings is 1. The van der Waals surface area contributed by atoms with E-state index in [-0.39, 0.29) is 47.7 Å². The number of benzene rings is 1. The predicted octanol–water partition coefficient (Wildman–Crippen LogP) is 3.66. The molecule has 268 valence electrons. The average Bonchev–Trinajstić information content (AvgIpc) is 3.53. The number of aromatic nitrogens is 1. The SMILES string of the molecule is CCC(C)[C@H](NC(=O)[C@@H](NC)C(C)C)C(=O)N(C)[C@H](CC(OC)c1nc(C(=O)N[C@@H](Cc2ccccc2)C(O)CC(=O)O)cs1)C(C)C. The Labute approximate surface area is 289 Å². The number of aliphatic hydroxyl groups is 1. The van der Waals surface area contributed by atoms with Crippen LogP contribution < -0.4 is 16.0 Å². The second kappa shape index (κ2) is 19.6. The van der Waals surface area contributed by atoms with Gasteiger partial charge in [-0.15, -0.1) is 11.3 Å². The first-order valence-corrected chi connectivity index (χ1v) is 17.5. The molecule has 0 saturated carbocycles. The van der Waals surface area contributed by atoms with Crippen LogP contribution in [0.3, 0.4) is 0 Å². The van der Waals surface area contributed by atoms with Crippen LogP contribution in [0.5, 0.6) is 0 Å². The zero-order valence-electron chi connectivity index (χ0n) is 29.7. The minimum Gasteiger partial charge on any atom is -0.481 e. The number of aliphatic carboxylic acids is 1. The molecule has 0 fully saturated rings. The summed E-state index contributed by atoms with van der Waals surface area (Å²) in [6.07, 6.45) is -1.04. The van der Waals surface area contributed by atoms with Crippen molar-refractivity contribution in [2.75, 3.05) is 21.2 Å². The summed E-state index contributed by atoms with van der Waals surface area (Å²) in [5, 5.41) is 30.8. The third kappa shape index (κ3) is 11.6. The van der Waals surface area contributed by atoms with Crippen LogP contribution in [0.15, 0.2) is 35.7 Å². The third-order valence-electron chi connectivity index (χ3n) is 8.88. The van der Waals surface area contributed by atoms with Crippen molar-refractivity contribution >= 4 is 35.0 Å². The van der Waals surface area contributed by atoms with Crippen molar-refractivity contribution in [3.05, 3.63) is 52.0 Å². The summed E-state index contributed by atoms with van der Waals surface area (Å²) in [4.78, 5) is 58.0. The summed E-state index contributed by atoms with van der Waals surface area (Å²) in [6, 6.07) is 6.92. The van der Waals surface area contributed by atoms with E-state index in [9.17, 15) is 29.4 Å². The lowest BCUT2D eigenvalue weighted by atomic mass is 9.92. The van der Waals surface area contributed by atoms with Crippen LogP contribution in [0.25, 0.3) is 0 Å². The van der Waals surface area contributed by atoms with Gasteiger partial charge in [-0.25, -0.2) is 4.98 Å². The number of hydrogen-bond acceptors (Lipinski definition) is 9.